The average molecular weight is 538 g/mol. The molecule has 0 heterocycles. The Hall–Kier alpha value is -4.75. The first-order chi connectivity index (χ1) is 18.9. The molecular formula is C33H35N3O4. The second-order valence-electron chi connectivity index (χ2n) is 10.9. The van der Waals surface area contributed by atoms with Crippen molar-refractivity contribution >= 4 is 34.4 Å². The van der Waals surface area contributed by atoms with Crippen molar-refractivity contribution in [3.8, 4) is 24.8 Å². The third-order valence-corrected chi connectivity index (χ3v) is 5.99. The molecule has 0 aliphatic carbocycles. The highest BCUT2D eigenvalue weighted by Gasteiger charge is 2.36. The maximum Gasteiger partial charge on any atom is 0.408 e. The number of terminal acetylenes is 2. The molecule has 2 N–H and O–H groups in total. The Balaban J connectivity index is 1.99. The summed E-state index contributed by atoms with van der Waals surface area (Å²) >= 11 is 0. The number of fused-ring (bicyclic) bond motifs is 1. The van der Waals surface area contributed by atoms with Crippen molar-refractivity contribution < 1.29 is 19.1 Å². The molecule has 2 atom stereocenters. The van der Waals surface area contributed by atoms with Crippen LogP contribution in [0.4, 0.5) is 10.5 Å². The molecule has 3 rings (SSSR count). The van der Waals surface area contributed by atoms with Crippen LogP contribution in [0.15, 0.2) is 66.7 Å². The highest BCUT2D eigenvalue weighted by Crippen LogP contribution is 2.26. The van der Waals surface area contributed by atoms with Crippen molar-refractivity contribution in [2.45, 2.75) is 58.7 Å². The fraction of sp³-hybridized carbons (Fsp3) is 0.303. The lowest BCUT2D eigenvalue weighted by molar-refractivity contribution is -0.137. The second kappa shape index (κ2) is 12.9. The first kappa shape index (κ1) is 29.8. The highest BCUT2D eigenvalue weighted by molar-refractivity contribution is 6.01. The number of ether oxygens (including phenoxy) is 1. The van der Waals surface area contributed by atoms with E-state index in [9.17, 15) is 14.4 Å². The molecule has 0 aliphatic rings. The van der Waals surface area contributed by atoms with Crippen LogP contribution in [0, 0.1) is 30.7 Å². The van der Waals surface area contributed by atoms with Gasteiger partial charge in [-0.1, -0.05) is 68.7 Å². The maximum atomic E-state index is 13.9. The molecule has 0 saturated carbocycles. The van der Waals surface area contributed by atoms with Gasteiger partial charge in [0.25, 0.3) is 11.8 Å². The molecule has 3 amide bonds. The van der Waals surface area contributed by atoms with E-state index in [2.05, 4.69) is 22.6 Å². The summed E-state index contributed by atoms with van der Waals surface area (Å²) in [5.41, 5.74) is 0.857. The van der Waals surface area contributed by atoms with Crippen molar-refractivity contribution in [2.75, 3.05) is 5.32 Å². The van der Waals surface area contributed by atoms with Gasteiger partial charge in [0.15, 0.2) is 0 Å². The molecular weight excluding hydrogens is 502 g/mol. The summed E-state index contributed by atoms with van der Waals surface area (Å²) in [7, 11) is 0. The fourth-order valence-corrected chi connectivity index (χ4v) is 4.23. The van der Waals surface area contributed by atoms with Gasteiger partial charge >= 0.3 is 6.09 Å². The summed E-state index contributed by atoms with van der Waals surface area (Å²) in [6.45, 7) is 9.02. The fourth-order valence-electron chi connectivity index (χ4n) is 4.23. The molecule has 0 radical (unpaired) electrons. The van der Waals surface area contributed by atoms with Gasteiger partial charge in [0.2, 0.25) is 0 Å². The molecule has 7 heteroatoms. The van der Waals surface area contributed by atoms with E-state index in [4.69, 9.17) is 17.6 Å². The van der Waals surface area contributed by atoms with Crippen molar-refractivity contribution in [3.05, 3.63) is 77.9 Å². The summed E-state index contributed by atoms with van der Waals surface area (Å²) in [6, 6.07) is 20.1. The summed E-state index contributed by atoms with van der Waals surface area (Å²) in [5, 5.41) is 7.51. The van der Waals surface area contributed by atoms with Crippen LogP contribution in [0.25, 0.3) is 10.8 Å². The molecule has 3 aromatic carbocycles. The molecule has 0 spiro atoms. The zero-order valence-corrected chi connectivity index (χ0v) is 23.5. The average Bonchev–Trinajstić information content (AvgIpc) is 2.89. The summed E-state index contributed by atoms with van der Waals surface area (Å²) in [6.07, 6.45) is 10.9. The van der Waals surface area contributed by atoms with E-state index in [1.807, 2.05) is 50.2 Å². The van der Waals surface area contributed by atoms with E-state index in [-0.39, 0.29) is 12.3 Å². The number of hydrogen-bond donors (Lipinski definition) is 2. The second-order valence-corrected chi connectivity index (χ2v) is 10.9. The molecule has 206 valence electrons. The molecule has 2 unspecified atom stereocenters. The van der Waals surface area contributed by atoms with Crippen molar-refractivity contribution in [1.82, 2.24) is 10.2 Å². The number of nitrogens with zero attached hydrogens (tertiary/aromatic N) is 1. The lowest BCUT2D eigenvalue weighted by Crippen LogP contribution is -2.51. The largest absolute Gasteiger partial charge is 0.444 e. The monoisotopic (exact) mass is 537 g/mol. The summed E-state index contributed by atoms with van der Waals surface area (Å²) < 4.78 is 5.38. The summed E-state index contributed by atoms with van der Waals surface area (Å²) in [5.74, 6) is 1.45. The minimum atomic E-state index is -1.20. The van der Waals surface area contributed by atoms with Gasteiger partial charge < -0.3 is 15.4 Å². The Morgan fingerprint density at radius 2 is 1.60 bits per heavy atom. The lowest BCUT2D eigenvalue weighted by Gasteiger charge is -2.31. The van der Waals surface area contributed by atoms with Crippen LogP contribution in [0.3, 0.4) is 0 Å². The molecule has 0 aliphatic heterocycles. The number of rotatable bonds is 8. The van der Waals surface area contributed by atoms with Gasteiger partial charge in [-0.25, -0.2) is 4.79 Å². The molecule has 0 bridgehead atoms. The van der Waals surface area contributed by atoms with Crippen molar-refractivity contribution in [1.29, 1.82) is 0 Å². The minimum absolute atomic E-state index is 0.0308. The normalized spacial score (nSPS) is 12.5. The van der Waals surface area contributed by atoms with Gasteiger partial charge in [-0.2, -0.15) is 0 Å². The van der Waals surface area contributed by atoms with Crippen LogP contribution in [0.5, 0.6) is 0 Å². The summed E-state index contributed by atoms with van der Waals surface area (Å²) in [4.78, 5) is 41.3. The minimum Gasteiger partial charge on any atom is -0.444 e. The number of carbonyl (C=O) groups is 3. The quantitative estimate of drug-likeness (QED) is 0.278. The highest BCUT2D eigenvalue weighted by atomic mass is 16.6. The first-order valence-electron chi connectivity index (χ1n) is 13.1. The topological polar surface area (TPSA) is 87.7 Å². The van der Waals surface area contributed by atoms with E-state index >= 15 is 0 Å². The van der Waals surface area contributed by atoms with E-state index in [0.29, 0.717) is 16.8 Å². The number of benzene rings is 3. The third-order valence-electron chi connectivity index (χ3n) is 5.99. The van der Waals surface area contributed by atoms with Crippen LogP contribution < -0.4 is 10.6 Å². The zero-order chi connectivity index (χ0) is 29.4. The van der Waals surface area contributed by atoms with E-state index in [0.717, 1.165) is 15.7 Å². The van der Waals surface area contributed by atoms with Gasteiger partial charge in [0.1, 0.15) is 17.7 Å². The van der Waals surface area contributed by atoms with Gasteiger partial charge in [0.05, 0.1) is 0 Å². The number of amides is 3. The van der Waals surface area contributed by atoms with Crippen LogP contribution in [-0.4, -0.2) is 34.5 Å². The smallest absolute Gasteiger partial charge is 0.408 e. The first-order valence-corrected chi connectivity index (χ1v) is 13.1. The van der Waals surface area contributed by atoms with Crippen LogP contribution in [0.2, 0.25) is 0 Å². The molecule has 0 aromatic heterocycles. The molecule has 7 nitrogen and oxygen atoms in total. The van der Waals surface area contributed by atoms with Crippen LogP contribution >= 0.6 is 0 Å². The standard InChI is InChI=1S/C33H35N3O4/c1-8-23-14-16-25(17-15-23)29(30(37)34-27-19-18-24-12-10-11-13-26(24)21-27)36(9-2)31(38)28(20-22(3)4)35-32(39)40-33(5,6)7/h1-2,10-19,21-22,28-29H,20H2,3-7H3,(H,34,37)(H,35,39). The maximum absolute atomic E-state index is 13.9. The number of carbonyl (C=O) groups excluding carboxylic acids is 3. The number of nitrogens with one attached hydrogen (secondary N) is 2. The lowest BCUT2D eigenvalue weighted by atomic mass is 9.99. The molecule has 3 aromatic rings. The Kier molecular flexibility index (Phi) is 9.59. The van der Waals surface area contributed by atoms with E-state index < -0.39 is 35.6 Å². The SMILES string of the molecule is C#Cc1ccc(C(C(=O)Nc2ccc3ccccc3c2)N(C#C)C(=O)C(CC(C)C)NC(=O)OC(C)(C)C)cc1. The van der Waals surface area contributed by atoms with Gasteiger partial charge in [-0.15, -0.1) is 6.42 Å². The molecule has 0 fully saturated rings. The van der Waals surface area contributed by atoms with Crippen molar-refractivity contribution in [2.24, 2.45) is 5.92 Å². The van der Waals surface area contributed by atoms with E-state index in [1.54, 1.807) is 51.1 Å². The predicted molar refractivity (Wildman–Crippen MR) is 158 cm³/mol. The van der Waals surface area contributed by atoms with E-state index in [1.165, 1.54) is 0 Å². The molecule has 0 saturated heterocycles. The Bertz CT molecular complexity index is 1460. The number of anilines is 1. The predicted octanol–water partition coefficient (Wildman–Crippen LogP) is 5.86. The molecule has 40 heavy (non-hydrogen) atoms. The third kappa shape index (κ3) is 7.88. The Labute approximate surface area is 236 Å². The Morgan fingerprint density at radius 3 is 2.17 bits per heavy atom. The van der Waals surface area contributed by atoms with Crippen molar-refractivity contribution in [3.63, 3.8) is 0 Å². The van der Waals surface area contributed by atoms with Gasteiger partial charge in [-0.3, -0.25) is 14.5 Å². The van der Waals surface area contributed by atoms with Gasteiger partial charge in [0, 0.05) is 17.3 Å². The zero-order valence-electron chi connectivity index (χ0n) is 23.5. The van der Waals surface area contributed by atoms with Crippen LogP contribution in [-0.2, 0) is 14.3 Å². The number of alkyl carbamates (subject to hydrolysis) is 1. The van der Waals surface area contributed by atoms with Gasteiger partial charge in [-0.05, 0) is 73.7 Å². The Morgan fingerprint density at radius 1 is 0.950 bits per heavy atom. The number of hydrogen-bond acceptors (Lipinski definition) is 4. The van der Waals surface area contributed by atoms with Crippen LogP contribution in [0.1, 0.15) is 58.2 Å².